The van der Waals surface area contributed by atoms with Gasteiger partial charge in [0.2, 0.25) is 5.88 Å². The summed E-state index contributed by atoms with van der Waals surface area (Å²) in [6.07, 6.45) is 1.20. The van der Waals surface area contributed by atoms with Crippen LogP contribution >= 0.6 is 0 Å². The first-order chi connectivity index (χ1) is 12.8. The molecule has 10 heteroatoms. The van der Waals surface area contributed by atoms with Crippen molar-refractivity contribution in [3.8, 4) is 5.88 Å². The second kappa shape index (κ2) is 6.98. The van der Waals surface area contributed by atoms with Gasteiger partial charge in [0, 0.05) is 26.4 Å². The van der Waals surface area contributed by atoms with Gasteiger partial charge < -0.3 is 20.0 Å². The van der Waals surface area contributed by atoms with Crippen LogP contribution in [0.15, 0.2) is 31.5 Å². The van der Waals surface area contributed by atoms with Crippen molar-refractivity contribution in [3.63, 3.8) is 0 Å². The smallest absolute Gasteiger partial charge is 0.330 e. The van der Waals surface area contributed by atoms with Gasteiger partial charge in [-0.3, -0.25) is 19.3 Å². The number of hydrogen-bond donors (Lipinski definition) is 4. The van der Waals surface area contributed by atoms with E-state index in [4.69, 9.17) is 0 Å². The van der Waals surface area contributed by atoms with Gasteiger partial charge in [-0.1, -0.05) is 0 Å². The molecule has 3 aromatic rings. The highest BCUT2D eigenvalue weighted by atomic mass is 16.3. The SMILES string of the molecule is CCN(CC)c1cc2[nH]c(=O)[nH]c2cc1N=Cc1c(O)n(C)c(=O)[nH]c1=O. The molecule has 0 spiro atoms. The maximum absolute atomic E-state index is 12.0. The zero-order valence-corrected chi connectivity index (χ0v) is 15.2. The summed E-state index contributed by atoms with van der Waals surface area (Å²) in [6.45, 7) is 5.41. The first-order valence-corrected chi connectivity index (χ1v) is 8.43. The van der Waals surface area contributed by atoms with E-state index in [9.17, 15) is 19.5 Å². The van der Waals surface area contributed by atoms with E-state index in [-0.39, 0.29) is 11.3 Å². The second-order valence-electron chi connectivity index (χ2n) is 5.95. The van der Waals surface area contributed by atoms with Crippen LogP contribution in [0.5, 0.6) is 5.88 Å². The molecule has 0 unspecified atom stereocenters. The van der Waals surface area contributed by atoms with Crippen molar-refractivity contribution in [2.75, 3.05) is 18.0 Å². The van der Waals surface area contributed by atoms with E-state index < -0.39 is 17.1 Å². The second-order valence-corrected chi connectivity index (χ2v) is 5.95. The van der Waals surface area contributed by atoms with Crippen LogP contribution in [0, 0.1) is 0 Å². The number of hydrogen-bond acceptors (Lipinski definition) is 6. The number of nitrogens with one attached hydrogen (secondary N) is 3. The van der Waals surface area contributed by atoms with Crippen LogP contribution in [-0.2, 0) is 7.05 Å². The Morgan fingerprint density at radius 3 is 2.37 bits per heavy atom. The zero-order chi connectivity index (χ0) is 19.7. The molecule has 2 heterocycles. The molecule has 27 heavy (non-hydrogen) atoms. The summed E-state index contributed by atoms with van der Waals surface area (Å²) in [5, 5.41) is 10.1. The number of aromatic nitrogens is 4. The minimum absolute atomic E-state index is 0.134. The van der Waals surface area contributed by atoms with Crippen molar-refractivity contribution >= 4 is 28.6 Å². The minimum atomic E-state index is -0.736. The first kappa shape index (κ1) is 18.2. The fraction of sp³-hybridized carbons (Fsp3) is 0.294. The van der Waals surface area contributed by atoms with Gasteiger partial charge in [0.1, 0.15) is 5.56 Å². The van der Waals surface area contributed by atoms with Crippen LogP contribution in [0.3, 0.4) is 0 Å². The Morgan fingerprint density at radius 2 is 1.74 bits per heavy atom. The van der Waals surface area contributed by atoms with Gasteiger partial charge in [0.15, 0.2) is 0 Å². The van der Waals surface area contributed by atoms with E-state index in [1.54, 1.807) is 12.1 Å². The molecule has 0 saturated carbocycles. The predicted octanol–water partition coefficient (Wildman–Crippen LogP) is 0.546. The average Bonchev–Trinajstić information content (AvgIpc) is 2.99. The summed E-state index contributed by atoms with van der Waals surface area (Å²) >= 11 is 0. The quantitative estimate of drug-likeness (QED) is 0.484. The number of fused-ring (bicyclic) bond motifs is 1. The Bertz CT molecular complexity index is 1190. The molecule has 3 rings (SSSR count). The highest BCUT2D eigenvalue weighted by Gasteiger charge is 2.13. The monoisotopic (exact) mass is 372 g/mol. The molecule has 0 aliphatic heterocycles. The number of anilines is 1. The summed E-state index contributed by atoms with van der Waals surface area (Å²) in [7, 11) is 1.34. The Labute approximate surface area is 152 Å². The molecule has 0 radical (unpaired) electrons. The van der Waals surface area contributed by atoms with Gasteiger partial charge in [-0.2, -0.15) is 0 Å². The summed E-state index contributed by atoms with van der Waals surface area (Å²) in [5.41, 5.74) is 0.567. The highest BCUT2D eigenvalue weighted by Crippen LogP contribution is 2.32. The lowest BCUT2D eigenvalue weighted by atomic mass is 10.2. The number of imidazole rings is 1. The lowest BCUT2D eigenvalue weighted by Gasteiger charge is -2.22. The number of H-pyrrole nitrogens is 3. The largest absolute Gasteiger partial charge is 0.494 e. The lowest BCUT2D eigenvalue weighted by Crippen LogP contribution is -2.30. The molecule has 0 aliphatic rings. The van der Waals surface area contributed by atoms with Crippen molar-refractivity contribution in [1.82, 2.24) is 19.5 Å². The van der Waals surface area contributed by atoms with Crippen molar-refractivity contribution < 1.29 is 5.11 Å². The number of aliphatic imine (C=N–C) groups is 1. The molecule has 0 bridgehead atoms. The minimum Gasteiger partial charge on any atom is -0.494 e. The normalized spacial score (nSPS) is 11.5. The molecule has 10 nitrogen and oxygen atoms in total. The molecule has 4 N–H and O–H groups in total. The molecule has 0 saturated heterocycles. The van der Waals surface area contributed by atoms with Gasteiger partial charge in [-0.15, -0.1) is 0 Å². The van der Waals surface area contributed by atoms with Crippen LogP contribution in [0.2, 0.25) is 0 Å². The molecule has 2 aromatic heterocycles. The molecule has 0 aliphatic carbocycles. The Morgan fingerprint density at radius 1 is 1.11 bits per heavy atom. The van der Waals surface area contributed by atoms with Crippen molar-refractivity contribution in [3.05, 3.63) is 49.0 Å². The van der Waals surface area contributed by atoms with Crippen LogP contribution < -0.4 is 21.8 Å². The standard InChI is InChI=1S/C17H20N6O4/c1-4-23(5-2)13-7-11-10(19-16(26)20-11)6-12(13)18-8-9-14(24)21-17(27)22(3)15(9)25/h6-8,25H,4-5H2,1-3H3,(H2,19,20,26)(H,21,24,27). The maximum atomic E-state index is 12.0. The number of aromatic amines is 3. The van der Waals surface area contributed by atoms with E-state index >= 15 is 0 Å². The maximum Gasteiger partial charge on any atom is 0.330 e. The predicted molar refractivity (Wildman–Crippen MR) is 104 cm³/mol. The van der Waals surface area contributed by atoms with Gasteiger partial charge >= 0.3 is 11.4 Å². The van der Waals surface area contributed by atoms with Crippen LogP contribution in [0.1, 0.15) is 19.4 Å². The van der Waals surface area contributed by atoms with E-state index in [0.29, 0.717) is 29.8 Å². The first-order valence-electron chi connectivity index (χ1n) is 8.43. The lowest BCUT2D eigenvalue weighted by molar-refractivity contribution is 0.417. The topological polar surface area (TPSA) is 139 Å². The van der Waals surface area contributed by atoms with Crippen molar-refractivity contribution in [2.45, 2.75) is 13.8 Å². The number of nitrogens with zero attached hydrogens (tertiary/aromatic N) is 3. The third kappa shape index (κ3) is 3.28. The van der Waals surface area contributed by atoms with Crippen LogP contribution in [0.4, 0.5) is 11.4 Å². The molecule has 142 valence electrons. The van der Waals surface area contributed by atoms with E-state index in [1.165, 1.54) is 13.3 Å². The number of aromatic hydroxyl groups is 1. The van der Waals surface area contributed by atoms with E-state index in [1.807, 2.05) is 18.7 Å². The van der Waals surface area contributed by atoms with Crippen LogP contribution in [-0.4, -0.2) is 43.9 Å². The summed E-state index contributed by atoms with van der Waals surface area (Å²) in [4.78, 5) is 49.0. The van der Waals surface area contributed by atoms with E-state index in [2.05, 4.69) is 19.9 Å². The number of benzene rings is 1. The summed E-state index contributed by atoms with van der Waals surface area (Å²) in [5.74, 6) is -0.479. The third-order valence-corrected chi connectivity index (χ3v) is 4.38. The zero-order valence-electron chi connectivity index (χ0n) is 15.2. The third-order valence-electron chi connectivity index (χ3n) is 4.38. The Kier molecular flexibility index (Phi) is 4.72. The molecule has 1 aromatic carbocycles. The Balaban J connectivity index is 2.19. The van der Waals surface area contributed by atoms with Crippen molar-refractivity contribution in [1.29, 1.82) is 0 Å². The Hall–Kier alpha value is -3.56. The van der Waals surface area contributed by atoms with Gasteiger partial charge in [-0.25, -0.2) is 9.59 Å². The molecular weight excluding hydrogens is 352 g/mol. The van der Waals surface area contributed by atoms with Crippen molar-refractivity contribution in [2.24, 2.45) is 12.0 Å². The molecular formula is C17H20N6O4. The summed E-state index contributed by atoms with van der Waals surface area (Å²) < 4.78 is 0.918. The fourth-order valence-electron chi connectivity index (χ4n) is 2.86. The molecule has 0 fully saturated rings. The highest BCUT2D eigenvalue weighted by molar-refractivity contribution is 5.91. The van der Waals surface area contributed by atoms with Gasteiger partial charge in [0.05, 0.1) is 22.4 Å². The van der Waals surface area contributed by atoms with Gasteiger partial charge in [-0.05, 0) is 26.0 Å². The average molecular weight is 372 g/mol. The molecule has 0 atom stereocenters. The molecule has 0 amide bonds. The fourth-order valence-corrected chi connectivity index (χ4v) is 2.86. The van der Waals surface area contributed by atoms with E-state index in [0.717, 1.165) is 10.3 Å². The van der Waals surface area contributed by atoms with Gasteiger partial charge in [0.25, 0.3) is 5.56 Å². The number of rotatable bonds is 5. The summed E-state index contributed by atoms with van der Waals surface area (Å²) in [6, 6.07) is 3.49. The van der Waals surface area contributed by atoms with Crippen LogP contribution in [0.25, 0.3) is 11.0 Å².